The fourth-order valence-electron chi connectivity index (χ4n) is 2.87. The summed E-state index contributed by atoms with van der Waals surface area (Å²) in [7, 11) is 0. The highest BCUT2D eigenvalue weighted by atomic mass is 32.1. The molecule has 5 rings (SSSR count). The molecule has 0 bridgehead atoms. The second-order valence-corrected chi connectivity index (χ2v) is 7.44. The van der Waals surface area contributed by atoms with Crippen LogP contribution in [-0.4, -0.2) is 14.4 Å². The van der Waals surface area contributed by atoms with E-state index in [4.69, 9.17) is 15.2 Å². The van der Waals surface area contributed by atoms with Gasteiger partial charge in [-0.2, -0.15) is 5.26 Å². The zero-order chi connectivity index (χ0) is 16.8. The highest BCUT2D eigenvalue weighted by Crippen LogP contribution is 2.38. The van der Waals surface area contributed by atoms with E-state index in [1.165, 1.54) is 0 Å². The van der Waals surface area contributed by atoms with Crippen LogP contribution in [0.2, 0.25) is 0 Å². The molecule has 0 radical (unpaired) electrons. The number of imidazole rings is 1. The summed E-state index contributed by atoms with van der Waals surface area (Å²) in [6, 6.07) is 17.8. The van der Waals surface area contributed by atoms with Gasteiger partial charge in [0.1, 0.15) is 16.4 Å². The maximum atomic E-state index is 9.02. The molecule has 0 amide bonds. The molecule has 5 aromatic rings. The minimum Gasteiger partial charge on any atom is -0.287 e. The topological polar surface area (TPSA) is 54.0 Å². The summed E-state index contributed by atoms with van der Waals surface area (Å²) in [5.74, 6) is 0. The maximum Gasteiger partial charge on any atom is 0.194 e. The molecule has 0 aliphatic rings. The Morgan fingerprint density at radius 1 is 1.00 bits per heavy atom. The maximum absolute atomic E-state index is 9.02. The lowest BCUT2D eigenvalue weighted by molar-refractivity contribution is 1.23. The predicted octanol–water partition coefficient (Wildman–Crippen LogP) is 5.21. The standard InChI is InChI=1S/C19H10N4S2/c20-11-12-5-7-13(8-6-12)16-17(23-9-10-24-19(23)22-16)18-21-14-3-1-2-4-15(14)25-18/h1-10H. The Morgan fingerprint density at radius 3 is 2.64 bits per heavy atom. The molecular formula is C19H10N4S2. The lowest BCUT2D eigenvalue weighted by atomic mass is 10.1. The van der Waals surface area contributed by atoms with E-state index in [0.717, 1.165) is 37.1 Å². The van der Waals surface area contributed by atoms with Crippen molar-refractivity contribution in [3.8, 4) is 28.0 Å². The molecule has 118 valence electrons. The van der Waals surface area contributed by atoms with E-state index in [0.29, 0.717) is 5.56 Å². The summed E-state index contributed by atoms with van der Waals surface area (Å²) < 4.78 is 3.25. The molecule has 3 aromatic heterocycles. The Bertz CT molecular complexity index is 1220. The van der Waals surface area contributed by atoms with Gasteiger partial charge in [-0.3, -0.25) is 4.40 Å². The van der Waals surface area contributed by atoms with Crippen LogP contribution in [0.4, 0.5) is 0 Å². The third kappa shape index (κ3) is 2.25. The SMILES string of the molecule is N#Cc1ccc(-c2nc3sccn3c2-c2nc3ccccc3s2)cc1. The first kappa shape index (κ1) is 14.3. The van der Waals surface area contributed by atoms with E-state index in [9.17, 15) is 0 Å². The van der Waals surface area contributed by atoms with Crippen molar-refractivity contribution in [2.45, 2.75) is 0 Å². The molecule has 0 aliphatic carbocycles. The van der Waals surface area contributed by atoms with Crippen molar-refractivity contribution in [1.82, 2.24) is 14.4 Å². The molecule has 2 aromatic carbocycles. The van der Waals surface area contributed by atoms with Crippen molar-refractivity contribution >= 4 is 37.9 Å². The quantitative estimate of drug-likeness (QED) is 0.435. The third-order valence-electron chi connectivity index (χ3n) is 4.05. The first-order valence-electron chi connectivity index (χ1n) is 7.65. The smallest absolute Gasteiger partial charge is 0.194 e. The molecular weight excluding hydrogens is 348 g/mol. The monoisotopic (exact) mass is 358 g/mol. The van der Waals surface area contributed by atoms with Gasteiger partial charge in [-0.15, -0.1) is 22.7 Å². The van der Waals surface area contributed by atoms with Gasteiger partial charge in [0.15, 0.2) is 4.96 Å². The van der Waals surface area contributed by atoms with Gasteiger partial charge < -0.3 is 0 Å². The van der Waals surface area contributed by atoms with E-state index in [1.807, 2.05) is 54.0 Å². The number of benzene rings is 2. The number of hydrogen-bond donors (Lipinski definition) is 0. The number of para-hydroxylation sites is 1. The Hall–Kier alpha value is -3.01. The fourth-order valence-corrected chi connectivity index (χ4v) is 4.59. The van der Waals surface area contributed by atoms with E-state index in [-0.39, 0.29) is 0 Å². The van der Waals surface area contributed by atoms with Crippen molar-refractivity contribution in [1.29, 1.82) is 5.26 Å². The van der Waals surface area contributed by atoms with E-state index < -0.39 is 0 Å². The summed E-state index contributed by atoms with van der Waals surface area (Å²) >= 11 is 3.27. The number of nitriles is 1. The lowest BCUT2D eigenvalue weighted by Gasteiger charge is -2.01. The van der Waals surface area contributed by atoms with Crippen LogP contribution in [0, 0.1) is 11.3 Å². The summed E-state index contributed by atoms with van der Waals surface area (Å²) in [5, 5.41) is 12.0. The first-order valence-corrected chi connectivity index (χ1v) is 9.35. The van der Waals surface area contributed by atoms with Gasteiger partial charge in [0.05, 0.1) is 21.8 Å². The number of aromatic nitrogens is 3. The van der Waals surface area contributed by atoms with Crippen molar-refractivity contribution in [3.05, 3.63) is 65.7 Å². The van der Waals surface area contributed by atoms with Crippen LogP contribution in [0.3, 0.4) is 0 Å². The lowest BCUT2D eigenvalue weighted by Crippen LogP contribution is -1.87. The van der Waals surface area contributed by atoms with Gasteiger partial charge >= 0.3 is 0 Å². The molecule has 6 heteroatoms. The highest BCUT2D eigenvalue weighted by Gasteiger charge is 2.19. The van der Waals surface area contributed by atoms with E-state index >= 15 is 0 Å². The van der Waals surface area contributed by atoms with Gasteiger partial charge in [-0.1, -0.05) is 24.3 Å². The minimum absolute atomic E-state index is 0.645. The Labute approximate surface area is 151 Å². The van der Waals surface area contributed by atoms with Gasteiger partial charge in [0.25, 0.3) is 0 Å². The van der Waals surface area contributed by atoms with Crippen molar-refractivity contribution < 1.29 is 0 Å². The van der Waals surface area contributed by atoms with Gasteiger partial charge in [0, 0.05) is 17.1 Å². The second-order valence-electron chi connectivity index (χ2n) is 5.54. The van der Waals surface area contributed by atoms with Crippen molar-refractivity contribution in [2.24, 2.45) is 0 Å². The minimum atomic E-state index is 0.645. The molecule has 0 saturated carbocycles. The van der Waals surface area contributed by atoms with Crippen LogP contribution in [0.1, 0.15) is 5.56 Å². The average molecular weight is 358 g/mol. The summed E-state index contributed by atoms with van der Waals surface area (Å²) in [5.41, 5.74) is 4.53. The first-order chi connectivity index (χ1) is 12.3. The van der Waals surface area contributed by atoms with Crippen LogP contribution in [0.25, 0.3) is 37.1 Å². The highest BCUT2D eigenvalue weighted by molar-refractivity contribution is 7.21. The summed E-state index contributed by atoms with van der Waals surface area (Å²) in [6.07, 6.45) is 2.03. The molecule has 0 fully saturated rings. The average Bonchev–Trinajstić information content (AvgIpc) is 3.34. The molecule has 0 N–H and O–H groups in total. The normalized spacial score (nSPS) is 11.2. The Kier molecular flexibility index (Phi) is 3.17. The Balaban J connectivity index is 1.78. The zero-order valence-electron chi connectivity index (χ0n) is 12.9. The molecule has 0 spiro atoms. The third-order valence-corrected chi connectivity index (χ3v) is 5.85. The molecule has 0 atom stereocenters. The number of thiazole rings is 2. The summed E-state index contributed by atoms with van der Waals surface area (Å²) in [4.78, 5) is 10.6. The number of fused-ring (bicyclic) bond motifs is 2. The van der Waals surface area contributed by atoms with Crippen LogP contribution in [0.15, 0.2) is 60.1 Å². The second kappa shape index (κ2) is 5.52. The van der Waals surface area contributed by atoms with Gasteiger partial charge in [-0.25, -0.2) is 9.97 Å². The van der Waals surface area contributed by atoms with Crippen LogP contribution in [-0.2, 0) is 0 Å². The van der Waals surface area contributed by atoms with Gasteiger partial charge in [-0.05, 0) is 24.3 Å². The van der Waals surface area contributed by atoms with Crippen LogP contribution >= 0.6 is 22.7 Å². The molecule has 0 aliphatic heterocycles. The number of rotatable bonds is 2. The number of nitrogens with zero attached hydrogens (tertiary/aromatic N) is 4. The molecule has 0 saturated heterocycles. The zero-order valence-corrected chi connectivity index (χ0v) is 14.5. The van der Waals surface area contributed by atoms with Crippen LogP contribution < -0.4 is 0 Å². The van der Waals surface area contributed by atoms with Crippen LogP contribution in [0.5, 0.6) is 0 Å². The molecule has 0 unspecified atom stereocenters. The van der Waals surface area contributed by atoms with E-state index in [2.05, 4.69) is 16.5 Å². The molecule has 3 heterocycles. The Morgan fingerprint density at radius 2 is 1.84 bits per heavy atom. The van der Waals surface area contributed by atoms with E-state index in [1.54, 1.807) is 22.7 Å². The van der Waals surface area contributed by atoms with Crippen molar-refractivity contribution in [2.75, 3.05) is 0 Å². The molecule has 25 heavy (non-hydrogen) atoms. The largest absolute Gasteiger partial charge is 0.287 e. The number of hydrogen-bond acceptors (Lipinski definition) is 5. The summed E-state index contributed by atoms with van der Waals surface area (Å²) in [6.45, 7) is 0. The fraction of sp³-hybridized carbons (Fsp3) is 0. The van der Waals surface area contributed by atoms with Gasteiger partial charge in [0.2, 0.25) is 0 Å². The predicted molar refractivity (Wildman–Crippen MR) is 102 cm³/mol. The van der Waals surface area contributed by atoms with Crippen molar-refractivity contribution in [3.63, 3.8) is 0 Å². The molecule has 4 nitrogen and oxygen atoms in total.